The molecule has 164 valence electrons. The zero-order valence-electron chi connectivity index (χ0n) is 17.9. The number of benzene rings is 2. The van der Waals surface area contributed by atoms with Crippen LogP contribution in [0.4, 0.5) is 0 Å². The largest absolute Gasteiger partial charge is 0.388 e. The number of hydrogen-bond acceptors (Lipinski definition) is 4. The summed E-state index contributed by atoms with van der Waals surface area (Å²) in [6.07, 6.45) is 6.67. The van der Waals surface area contributed by atoms with E-state index in [1.807, 2.05) is 36.4 Å². The van der Waals surface area contributed by atoms with Crippen LogP contribution in [0.15, 0.2) is 60.7 Å². The monoisotopic (exact) mass is 440 g/mol. The van der Waals surface area contributed by atoms with Crippen molar-refractivity contribution in [2.24, 2.45) is 0 Å². The van der Waals surface area contributed by atoms with E-state index in [0.29, 0.717) is 13.0 Å². The van der Waals surface area contributed by atoms with Crippen LogP contribution >= 0.6 is 0 Å². The Bertz CT molecular complexity index is 1090. The van der Waals surface area contributed by atoms with Gasteiger partial charge in [-0.1, -0.05) is 60.7 Å². The molecule has 0 aromatic heterocycles. The van der Waals surface area contributed by atoms with Gasteiger partial charge >= 0.3 is 0 Å². The molecule has 2 aromatic carbocycles. The van der Waals surface area contributed by atoms with Crippen molar-refractivity contribution in [3.63, 3.8) is 0 Å². The minimum atomic E-state index is -3.59. The molecule has 0 unspecified atom stereocenters. The van der Waals surface area contributed by atoms with Gasteiger partial charge in [-0.3, -0.25) is 4.79 Å². The van der Waals surface area contributed by atoms with Crippen LogP contribution in [0.1, 0.15) is 28.7 Å². The van der Waals surface area contributed by atoms with Gasteiger partial charge in [-0.15, -0.1) is 0 Å². The average molecular weight is 441 g/mol. The first-order valence-electron chi connectivity index (χ1n) is 10.2. The Morgan fingerprint density at radius 1 is 1.10 bits per heavy atom. The molecule has 0 bridgehead atoms. The van der Waals surface area contributed by atoms with E-state index in [1.54, 1.807) is 20.2 Å². The molecule has 0 atom stereocenters. The highest BCUT2D eigenvalue weighted by Gasteiger charge is 2.25. The topological polar surface area (TPSA) is 77.9 Å². The zero-order valence-corrected chi connectivity index (χ0v) is 18.7. The number of carbonyl (C=O) groups excluding carboxylic acids is 1. The molecule has 0 fully saturated rings. The quantitative estimate of drug-likeness (QED) is 0.577. The van der Waals surface area contributed by atoms with Crippen molar-refractivity contribution >= 4 is 27.6 Å². The van der Waals surface area contributed by atoms with E-state index in [-0.39, 0.29) is 12.3 Å². The molecule has 2 aromatic rings. The van der Waals surface area contributed by atoms with Crippen LogP contribution in [0.5, 0.6) is 0 Å². The fourth-order valence-corrected chi connectivity index (χ4v) is 4.62. The van der Waals surface area contributed by atoms with Crippen molar-refractivity contribution in [3.8, 4) is 0 Å². The highest BCUT2D eigenvalue weighted by atomic mass is 32.2. The molecule has 0 spiro atoms. The third-order valence-corrected chi connectivity index (χ3v) is 7.19. The smallest absolute Gasteiger partial charge is 0.281 e. The minimum absolute atomic E-state index is 0.259. The van der Waals surface area contributed by atoms with Gasteiger partial charge in [-0.05, 0) is 46.7 Å². The zero-order chi connectivity index (χ0) is 22.4. The van der Waals surface area contributed by atoms with Gasteiger partial charge in [-0.2, -0.15) is 17.0 Å². The number of allylic oxidation sites excluding steroid dienone is 1. The Balaban J connectivity index is 1.73. The summed E-state index contributed by atoms with van der Waals surface area (Å²) in [5, 5.41) is 8.79. The number of hydrogen-bond donors (Lipinski definition) is 1. The Kier molecular flexibility index (Phi) is 7.56. The Morgan fingerprint density at radius 3 is 2.48 bits per heavy atom. The predicted molar refractivity (Wildman–Crippen MR) is 123 cm³/mol. The molecule has 0 amide bonds. The van der Waals surface area contributed by atoms with Crippen molar-refractivity contribution in [1.29, 1.82) is 0 Å². The lowest BCUT2D eigenvalue weighted by Crippen LogP contribution is -2.40. The molecule has 3 rings (SSSR count). The highest BCUT2D eigenvalue weighted by Crippen LogP contribution is 2.30. The maximum Gasteiger partial charge on any atom is 0.281 e. The van der Waals surface area contributed by atoms with Gasteiger partial charge in [0.05, 0.1) is 0 Å². The van der Waals surface area contributed by atoms with Crippen LogP contribution in [0.25, 0.3) is 11.6 Å². The van der Waals surface area contributed by atoms with E-state index < -0.39 is 16.8 Å². The molecule has 6 nitrogen and oxygen atoms in total. The van der Waals surface area contributed by atoms with E-state index in [0.717, 1.165) is 17.5 Å². The van der Waals surface area contributed by atoms with E-state index in [2.05, 4.69) is 18.2 Å². The Morgan fingerprint density at radius 2 is 1.81 bits per heavy atom. The van der Waals surface area contributed by atoms with Crippen LogP contribution in [0.2, 0.25) is 0 Å². The normalized spacial score (nSPS) is 13.8. The number of rotatable bonds is 10. The summed E-state index contributed by atoms with van der Waals surface area (Å²) in [5.41, 5.74) is 5.34. The molecule has 0 radical (unpaired) electrons. The Labute approximate surface area is 184 Å². The maximum absolute atomic E-state index is 12.9. The van der Waals surface area contributed by atoms with Crippen LogP contribution in [0, 0.1) is 0 Å². The molecular formula is C24H28N2O4S. The third-order valence-electron chi connectivity index (χ3n) is 5.31. The van der Waals surface area contributed by atoms with Crippen molar-refractivity contribution in [1.82, 2.24) is 8.61 Å². The van der Waals surface area contributed by atoms with Crippen molar-refractivity contribution < 1.29 is 18.3 Å². The molecule has 1 N–H and O–H groups in total. The number of carbonyl (C=O) groups is 1. The first kappa shape index (κ1) is 23.1. The lowest BCUT2D eigenvalue weighted by atomic mass is 10.0. The Hall–Kier alpha value is -2.58. The van der Waals surface area contributed by atoms with Gasteiger partial charge in [0.25, 0.3) is 10.2 Å². The molecule has 1 aliphatic carbocycles. The lowest BCUT2D eigenvalue weighted by Gasteiger charge is -2.26. The fourth-order valence-electron chi connectivity index (χ4n) is 3.52. The minimum Gasteiger partial charge on any atom is -0.388 e. The van der Waals surface area contributed by atoms with Gasteiger partial charge in [0, 0.05) is 27.2 Å². The summed E-state index contributed by atoms with van der Waals surface area (Å²) < 4.78 is 28.6. The van der Waals surface area contributed by atoms with E-state index in [4.69, 9.17) is 5.11 Å². The van der Waals surface area contributed by atoms with Crippen molar-refractivity contribution in [3.05, 3.63) is 82.9 Å². The maximum atomic E-state index is 12.9. The molecule has 0 heterocycles. The van der Waals surface area contributed by atoms with Crippen LogP contribution in [-0.4, -0.2) is 55.2 Å². The van der Waals surface area contributed by atoms with Crippen LogP contribution < -0.4 is 0 Å². The van der Waals surface area contributed by atoms with Gasteiger partial charge in [0.2, 0.25) is 0 Å². The molecule has 1 aliphatic rings. The van der Waals surface area contributed by atoms with E-state index in [1.165, 1.54) is 31.4 Å². The second-order valence-corrected chi connectivity index (χ2v) is 9.81. The van der Waals surface area contributed by atoms with Gasteiger partial charge in [0.15, 0.2) is 5.78 Å². The van der Waals surface area contributed by atoms with Crippen LogP contribution in [-0.2, 0) is 28.0 Å². The number of nitrogens with zero attached hydrogens (tertiary/aromatic N) is 2. The third kappa shape index (κ3) is 5.77. The molecule has 0 saturated carbocycles. The lowest BCUT2D eigenvalue weighted by molar-refractivity contribution is -0.117. The number of ketones is 1. The first-order valence-corrected chi connectivity index (χ1v) is 11.6. The number of fused-ring (bicyclic) bond motifs is 1. The van der Waals surface area contributed by atoms with E-state index >= 15 is 0 Å². The van der Waals surface area contributed by atoms with Gasteiger partial charge in [-0.25, -0.2) is 0 Å². The van der Waals surface area contributed by atoms with Crippen LogP contribution in [0.3, 0.4) is 0 Å². The SMILES string of the molecule is CN(C)S(=O)(=O)N(CCC1=CCc2ccccc21)Cc1ccc(/C=C/C(=O)CO)cc1. The summed E-state index contributed by atoms with van der Waals surface area (Å²) >= 11 is 0. The summed E-state index contributed by atoms with van der Waals surface area (Å²) in [4.78, 5) is 11.2. The van der Waals surface area contributed by atoms with Gasteiger partial charge in [0.1, 0.15) is 6.61 Å². The average Bonchev–Trinajstić information content (AvgIpc) is 3.18. The summed E-state index contributed by atoms with van der Waals surface area (Å²) in [6, 6.07) is 15.6. The molecule has 0 aliphatic heterocycles. The number of aliphatic hydroxyl groups is 1. The summed E-state index contributed by atoms with van der Waals surface area (Å²) in [5.74, 6) is -0.366. The number of aliphatic hydroxyl groups excluding tert-OH is 1. The summed E-state index contributed by atoms with van der Waals surface area (Å²) in [7, 11) is -0.508. The second-order valence-electron chi connectivity index (χ2n) is 7.66. The van der Waals surface area contributed by atoms with E-state index in [9.17, 15) is 13.2 Å². The second kappa shape index (κ2) is 10.2. The fraction of sp³-hybridized carbons (Fsp3) is 0.292. The highest BCUT2D eigenvalue weighted by molar-refractivity contribution is 7.86. The molecular weight excluding hydrogens is 412 g/mol. The molecule has 0 saturated heterocycles. The predicted octanol–water partition coefficient (Wildman–Crippen LogP) is 2.90. The van der Waals surface area contributed by atoms with Gasteiger partial charge < -0.3 is 5.11 Å². The molecule has 7 heteroatoms. The van der Waals surface area contributed by atoms with Crippen molar-refractivity contribution in [2.45, 2.75) is 19.4 Å². The first-order chi connectivity index (χ1) is 14.8. The standard InChI is InChI=1S/C24H28N2O4S/c1-25(2)31(29,30)26(16-15-22-13-12-21-5-3-4-6-24(21)22)17-20-9-7-19(8-10-20)11-14-23(28)18-27/h3-11,13-14,27H,12,15-18H2,1-2H3/b14-11+. The molecule has 31 heavy (non-hydrogen) atoms. The summed E-state index contributed by atoms with van der Waals surface area (Å²) in [6.45, 7) is 0.120. The van der Waals surface area contributed by atoms with Crippen molar-refractivity contribution in [2.75, 3.05) is 27.2 Å².